The smallest absolute Gasteiger partial charge is 0.338 e. The predicted octanol–water partition coefficient (Wildman–Crippen LogP) is 2.88. The Bertz CT molecular complexity index is 704. The molecule has 0 bridgehead atoms. The number of carbonyl (C=O) groups is 2. The van der Waals surface area contributed by atoms with Gasteiger partial charge in [0.15, 0.2) is 0 Å². The van der Waals surface area contributed by atoms with Crippen LogP contribution >= 0.6 is 27.3 Å². The van der Waals surface area contributed by atoms with Gasteiger partial charge in [-0.25, -0.2) is 4.79 Å². The molecule has 3 heterocycles. The number of thiophene rings is 1. The lowest BCUT2D eigenvalue weighted by molar-refractivity contribution is 0.0691. The first-order valence-electron chi connectivity index (χ1n) is 6.86. The Morgan fingerprint density at radius 3 is 2.59 bits per heavy atom. The molecule has 8 heteroatoms. The average Bonchev–Trinajstić information content (AvgIpc) is 3.16. The van der Waals surface area contributed by atoms with E-state index in [0.717, 1.165) is 21.5 Å². The number of rotatable bonds is 3. The molecule has 1 amide bonds. The molecule has 0 saturated carbocycles. The number of hydrogen-bond acceptors (Lipinski definition) is 4. The van der Waals surface area contributed by atoms with Crippen molar-refractivity contribution in [2.75, 3.05) is 13.1 Å². The Morgan fingerprint density at radius 2 is 2.05 bits per heavy atom. The molecule has 1 N–H and O–H groups in total. The molecule has 0 unspecified atom stereocenters. The summed E-state index contributed by atoms with van der Waals surface area (Å²) in [7, 11) is 0. The van der Waals surface area contributed by atoms with Gasteiger partial charge in [0.1, 0.15) is 0 Å². The van der Waals surface area contributed by atoms with E-state index in [1.807, 2.05) is 17.0 Å². The van der Waals surface area contributed by atoms with Gasteiger partial charge in [-0.3, -0.25) is 9.48 Å². The van der Waals surface area contributed by atoms with Gasteiger partial charge in [-0.1, -0.05) is 0 Å². The molecule has 0 radical (unpaired) electrons. The average molecular weight is 384 g/mol. The Kier molecular flexibility index (Phi) is 4.30. The number of aromatic carboxylic acids is 1. The summed E-state index contributed by atoms with van der Waals surface area (Å²) >= 11 is 4.80. The van der Waals surface area contributed by atoms with Gasteiger partial charge in [0.05, 0.1) is 26.5 Å². The van der Waals surface area contributed by atoms with Crippen LogP contribution in [0.3, 0.4) is 0 Å². The number of likely N-dealkylation sites (tertiary alicyclic amines) is 1. The van der Waals surface area contributed by atoms with Crippen LogP contribution in [0.5, 0.6) is 0 Å². The van der Waals surface area contributed by atoms with Gasteiger partial charge >= 0.3 is 5.97 Å². The van der Waals surface area contributed by atoms with Gasteiger partial charge < -0.3 is 10.0 Å². The van der Waals surface area contributed by atoms with Crippen molar-refractivity contribution in [1.82, 2.24) is 14.7 Å². The maximum Gasteiger partial charge on any atom is 0.338 e. The Balaban J connectivity index is 1.62. The Hall–Kier alpha value is -1.67. The van der Waals surface area contributed by atoms with Gasteiger partial charge in [-0.05, 0) is 40.9 Å². The molecule has 116 valence electrons. The Morgan fingerprint density at radius 1 is 1.32 bits per heavy atom. The third-order valence-electron chi connectivity index (χ3n) is 3.76. The van der Waals surface area contributed by atoms with E-state index in [1.165, 1.54) is 17.5 Å². The topological polar surface area (TPSA) is 75.4 Å². The zero-order chi connectivity index (χ0) is 15.7. The summed E-state index contributed by atoms with van der Waals surface area (Å²) in [4.78, 5) is 25.8. The molecular weight excluding hydrogens is 370 g/mol. The van der Waals surface area contributed by atoms with Gasteiger partial charge in [-0.15, -0.1) is 11.3 Å². The fraction of sp³-hybridized carbons (Fsp3) is 0.357. The molecule has 2 aromatic heterocycles. The number of carboxylic acid groups (broad SMARTS) is 1. The third kappa shape index (κ3) is 3.07. The summed E-state index contributed by atoms with van der Waals surface area (Å²) < 4.78 is 2.65. The van der Waals surface area contributed by atoms with E-state index in [-0.39, 0.29) is 17.5 Å². The number of amides is 1. The number of carbonyl (C=O) groups excluding carboxylic acids is 1. The highest BCUT2D eigenvalue weighted by Gasteiger charge is 2.26. The van der Waals surface area contributed by atoms with Crippen LogP contribution in [0.1, 0.15) is 38.9 Å². The van der Waals surface area contributed by atoms with Crippen molar-refractivity contribution in [2.45, 2.75) is 18.9 Å². The molecule has 1 fully saturated rings. The summed E-state index contributed by atoms with van der Waals surface area (Å²) in [6, 6.07) is 3.85. The van der Waals surface area contributed by atoms with Gasteiger partial charge in [0.2, 0.25) is 0 Å². The van der Waals surface area contributed by atoms with Crippen molar-refractivity contribution in [3.63, 3.8) is 0 Å². The molecule has 22 heavy (non-hydrogen) atoms. The predicted molar refractivity (Wildman–Crippen MR) is 85.4 cm³/mol. The van der Waals surface area contributed by atoms with Crippen LogP contribution < -0.4 is 0 Å². The molecule has 1 aliphatic heterocycles. The minimum Gasteiger partial charge on any atom is -0.478 e. The minimum atomic E-state index is -0.970. The minimum absolute atomic E-state index is 0.0563. The lowest BCUT2D eigenvalue weighted by atomic mass is 10.1. The number of aromatic nitrogens is 2. The fourth-order valence-corrected chi connectivity index (χ4v) is 3.92. The van der Waals surface area contributed by atoms with Crippen LogP contribution in [0, 0.1) is 0 Å². The molecule has 2 aromatic rings. The van der Waals surface area contributed by atoms with E-state index in [1.54, 1.807) is 10.9 Å². The summed E-state index contributed by atoms with van der Waals surface area (Å²) in [6.45, 7) is 1.31. The zero-order valence-corrected chi connectivity index (χ0v) is 14.0. The second-order valence-electron chi connectivity index (χ2n) is 5.14. The number of hydrogen-bond donors (Lipinski definition) is 1. The highest BCUT2D eigenvalue weighted by molar-refractivity contribution is 9.11. The lowest BCUT2D eigenvalue weighted by Crippen LogP contribution is -2.38. The maximum absolute atomic E-state index is 12.4. The molecule has 0 spiro atoms. The summed E-state index contributed by atoms with van der Waals surface area (Å²) in [5.41, 5.74) is 0.196. The first-order valence-corrected chi connectivity index (χ1v) is 8.47. The first kappa shape index (κ1) is 15.2. The largest absolute Gasteiger partial charge is 0.478 e. The van der Waals surface area contributed by atoms with E-state index >= 15 is 0 Å². The molecule has 1 aliphatic rings. The molecule has 0 atom stereocenters. The van der Waals surface area contributed by atoms with Crippen LogP contribution in [0.2, 0.25) is 0 Å². The molecule has 0 aliphatic carbocycles. The van der Waals surface area contributed by atoms with Crippen LogP contribution in [0.15, 0.2) is 28.3 Å². The maximum atomic E-state index is 12.4. The molecule has 3 rings (SSSR count). The molecule has 1 saturated heterocycles. The standard InChI is InChI=1S/C14H14BrN3O3S/c15-12-2-1-11(22-12)13(19)17-5-3-10(4-6-17)18-8-9(7-16-18)14(20)21/h1-2,7-8,10H,3-6H2,(H,20,21). The van der Waals surface area contributed by atoms with Crippen molar-refractivity contribution < 1.29 is 14.7 Å². The summed E-state index contributed by atoms with van der Waals surface area (Å²) in [5, 5.41) is 13.1. The van der Waals surface area contributed by atoms with E-state index in [4.69, 9.17) is 5.11 Å². The van der Waals surface area contributed by atoms with E-state index < -0.39 is 5.97 Å². The molecule has 0 aromatic carbocycles. The van der Waals surface area contributed by atoms with Crippen molar-refractivity contribution in [1.29, 1.82) is 0 Å². The SMILES string of the molecule is O=C(O)c1cnn(C2CCN(C(=O)c3ccc(Br)s3)CC2)c1. The van der Waals surface area contributed by atoms with Crippen LogP contribution in [0.4, 0.5) is 0 Å². The first-order chi connectivity index (χ1) is 10.5. The lowest BCUT2D eigenvalue weighted by Gasteiger charge is -2.31. The molecule has 6 nitrogen and oxygen atoms in total. The van der Waals surface area contributed by atoms with Crippen molar-refractivity contribution in [3.8, 4) is 0 Å². The molecular formula is C14H14BrN3O3S. The number of nitrogens with zero attached hydrogens (tertiary/aromatic N) is 3. The van der Waals surface area contributed by atoms with Crippen LogP contribution in [0.25, 0.3) is 0 Å². The monoisotopic (exact) mass is 383 g/mol. The highest BCUT2D eigenvalue weighted by atomic mass is 79.9. The zero-order valence-electron chi connectivity index (χ0n) is 11.6. The van der Waals surface area contributed by atoms with Crippen molar-refractivity contribution >= 4 is 39.1 Å². The quantitative estimate of drug-likeness (QED) is 0.883. The van der Waals surface area contributed by atoms with Gasteiger partial charge in [0, 0.05) is 19.3 Å². The summed E-state index contributed by atoms with van der Waals surface area (Å²) in [5.74, 6) is -0.914. The van der Waals surface area contributed by atoms with Gasteiger partial charge in [0.25, 0.3) is 5.91 Å². The van der Waals surface area contributed by atoms with E-state index in [2.05, 4.69) is 21.0 Å². The van der Waals surface area contributed by atoms with Crippen molar-refractivity contribution in [2.24, 2.45) is 0 Å². The third-order valence-corrected chi connectivity index (χ3v) is 5.37. The van der Waals surface area contributed by atoms with Gasteiger partial charge in [-0.2, -0.15) is 5.10 Å². The fourth-order valence-electron chi connectivity index (χ4n) is 2.57. The Labute approximate surface area is 139 Å². The summed E-state index contributed by atoms with van der Waals surface area (Å²) in [6.07, 6.45) is 4.47. The van der Waals surface area contributed by atoms with E-state index in [0.29, 0.717) is 13.1 Å². The highest BCUT2D eigenvalue weighted by Crippen LogP contribution is 2.27. The van der Waals surface area contributed by atoms with Crippen LogP contribution in [-0.4, -0.2) is 44.8 Å². The van der Waals surface area contributed by atoms with E-state index in [9.17, 15) is 9.59 Å². The normalized spacial score (nSPS) is 16.0. The second-order valence-corrected chi connectivity index (χ2v) is 7.60. The number of piperidine rings is 1. The van der Waals surface area contributed by atoms with Crippen LogP contribution in [-0.2, 0) is 0 Å². The number of halogens is 1. The number of carboxylic acids is 1. The second kappa shape index (κ2) is 6.21. The van der Waals surface area contributed by atoms with Crippen molar-refractivity contribution in [3.05, 3.63) is 38.8 Å².